The molecule has 0 aliphatic carbocycles. The van der Waals surface area contributed by atoms with Crippen molar-refractivity contribution in [1.82, 2.24) is 9.97 Å². The standard InChI is InChI=1S/C21H23ClN4O2/c1-14-4-6-16(11-17(14)22)26-21-12-20(24-13-25-21)23-9-8-15-5-7-18(27-2)19(10-15)28-3/h4-7,10-13H,8-9H2,1-3H3,(H2,23,24,25,26). The summed E-state index contributed by atoms with van der Waals surface area (Å²) in [6, 6.07) is 13.6. The average molecular weight is 399 g/mol. The third-order valence-electron chi connectivity index (χ3n) is 4.28. The number of nitrogens with one attached hydrogen (secondary N) is 2. The average Bonchev–Trinajstić information content (AvgIpc) is 2.71. The number of methoxy groups -OCH3 is 2. The molecule has 28 heavy (non-hydrogen) atoms. The van der Waals surface area contributed by atoms with Gasteiger partial charge < -0.3 is 20.1 Å². The van der Waals surface area contributed by atoms with Crippen LogP contribution in [0.3, 0.4) is 0 Å². The van der Waals surface area contributed by atoms with Crippen LogP contribution in [-0.2, 0) is 6.42 Å². The van der Waals surface area contributed by atoms with Gasteiger partial charge in [0.2, 0.25) is 0 Å². The van der Waals surface area contributed by atoms with Crippen molar-refractivity contribution in [1.29, 1.82) is 0 Å². The van der Waals surface area contributed by atoms with Crippen molar-refractivity contribution in [3.8, 4) is 11.5 Å². The number of hydrogen-bond acceptors (Lipinski definition) is 6. The highest BCUT2D eigenvalue weighted by Gasteiger charge is 2.05. The lowest BCUT2D eigenvalue weighted by atomic mass is 10.1. The van der Waals surface area contributed by atoms with Gasteiger partial charge in [0.1, 0.15) is 18.0 Å². The summed E-state index contributed by atoms with van der Waals surface area (Å²) in [6.07, 6.45) is 2.34. The summed E-state index contributed by atoms with van der Waals surface area (Å²) in [5.74, 6) is 2.90. The minimum absolute atomic E-state index is 0.698. The molecule has 2 aromatic carbocycles. The van der Waals surface area contributed by atoms with Gasteiger partial charge in [0, 0.05) is 23.3 Å². The molecule has 0 aliphatic heterocycles. The van der Waals surface area contributed by atoms with Crippen LogP contribution < -0.4 is 20.1 Å². The van der Waals surface area contributed by atoms with Crippen LogP contribution in [-0.4, -0.2) is 30.7 Å². The van der Waals surface area contributed by atoms with Gasteiger partial charge in [-0.2, -0.15) is 0 Å². The highest BCUT2D eigenvalue weighted by molar-refractivity contribution is 6.31. The number of ether oxygens (including phenoxy) is 2. The SMILES string of the molecule is COc1ccc(CCNc2cc(Nc3ccc(C)c(Cl)c3)ncn2)cc1OC. The van der Waals surface area contributed by atoms with Gasteiger partial charge in [-0.3, -0.25) is 0 Å². The van der Waals surface area contributed by atoms with Crippen LogP contribution in [0.15, 0.2) is 48.8 Å². The van der Waals surface area contributed by atoms with E-state index in [0.717, 1.165) is 47.1 Å². The summed E-state index contributed by atoms with van der Waals surface area (Å²) < 4.78 is 10.6. The second kappa shape index (κ2) is 9.28. The minimum atomic E-state index is 0.698. The molecule has 2 N–H and O–H groups in total. The predicted octanol–water partition coefficient (Wildman–Crippen LogP) is 4.85. The zero-order valence-electron chi connectivity index (χ0n) is 16.1. The summed E-state index contributed by atoms with van der Waals surface area (Å²) in [5, 5.41) is 7.27. The molecule has 0 spiro atoms. The van der Waals surface area contributed by atoms with Gasteiger partial charge in [0.05, 0.1) is 14.2 Å². The molecule has 1 heterocycles. The van der Waals surface area contributed by atoms with Crippen molar-refractivity contribution in [2.75, 3.05) is 31.4 Å². The van der Waals surface area contributed by atoms with Gasteiger partial charge in [-0.25, -0.2) is 9.97 Å². The second-order valence-electron chi connectivity index (χ2n) is 6.24. The van der Waals surface area contributed by atoms with Crippen LogP contribution in [0, 0.1) is 6.92 Å². The van der Waals surface area contributed by atoms with Crippen molar-refractivity contribution < 1.29 is 9.47 Å². The van der Waals surface area contributed by atoms with Gasteiger partial charge in [0.15, 0.2) is 11.5 Å². The van der Waals surface area contributed by atoms with E-state index in [1.54, 1.807) is 14.2 Å². The van der Waals surface area contributed by atoms with Gasteiger partial charge in [-0.1, -0.05) is 23.7 Å². The van der Waals surface area contributed by atoms with E-state index in [-0.39, 0.29) is 0 Å². The molecule has 3 aromatic rings. The first-order valence-corrected chi connectivity index (χ1v) is 9.27. The summed E-state index contributed by atoms with van der Waals surface area (Å²) >= 11 is 6.18. The molecular weight excluding hydrogens is 376 g/mol. The Morgan fingerprint density at radius 2 is 1.71 bits per heavy atom. The maximum Gasteiger partial charge on any atom is 0.160 e. The number of aromatic nitrogens is 2. The Morgan fingerprint density at radius 1 is 0.929 bits per heavy atom. The fourth-order valence-electron chi connectivity index (χ4n) is 2.71. The lowest BCUT2D eigenvalue weighted by Gasteiger charge is -2.11. The zero-order chi connectivity index (χ0) is 19.9. The van der Waals surface area contributed by atoms with Gasteiger partial charge in [-0.05, 0) is 48.7 Å². The normalized spacial score (nSPS) is 10.4. The van der Waals surface area contributed by atoms with E-state index in [4.69, 9.17) is 21.1 Å². The van der Waals surface area contributed by atoms with Crippen LogP contribution in [0.5, 0.6) is 11.5 Å². The molecule has 6 nitrogen and oxygen atoms in total. The molecule has 1 aromatic heterocycles. The quantitative estimate of drug-likeness (QED) is 0.565. The monoisotopic (exact) mass is 398 g/mol. The smallest absolute Gasteiger partial charge is 0.160 e. The van der Waals surface area contributed by atoms with E-state index in [9.17, 15) is 0 Å². The molecule has 0 aliphatic rings. The molecule has 3 rings (SSSR count). The van der Waals surface area contributed by atoms with Crippen LogP contribution in [0.4, 0.5) is 17.3 Å². The number of halogens is 1. The molecule has 146 valence electrons. The molecule has 0 radical (unpaired) electrons. The van der Waals surface area contributed by atoms with E-state index in [0.29, 0.717) is 10.8 Å². The number of aryl methyl sites for hydroxylation is 1. The Balaban J connectivity index is 1.59. The number of benzene rings is 2. The number of hydrogen-bond donors (Lipinski definition) is 2. The third-order valence-corrected chi connectivity index (χ3v) is 4.69. The van der Waals surface area contributed by atoms with Crippen molar-refractivity contribution in [3.63, 3.8) is 0 Å². The van der Waals surface area contributed by atoms with Crippen LogP contribution in [0.1, 0.15) is 11.1 Å². The fourth-order valence-corrected chi connectivity index (χ4v) is 2.89. The van der Waals surface area contributed by atoms with E-state index in [2.05, 4.69) is 20.6 Å². The van der Waals surface area contributed by atoms with Crippen molar-refractivity contribution in [2.24, 2.45) is 0 Å². The number of nitrogens with zero attached hydrogens (tertiary/aromatic N) is 2. The summed E-state index contributed by atoms with van der Waals surface area (Å²) in [4.78, 5) is 8.53. The highest BCUT2D eigenvalue weighted by Crippen LogP contribution is 2.27. The summed E-state index contributed by atoms with van der Waals surface area (Å²) in [6.45, 7) is 2.69. The molecule has 7 heteroatoms. The minimum Gasteiger partial charge on any atom is -0.493 e. The summed E-state index contributed by atoms with van der Waals surface area (Å²) in [5.41, 5.74) is 3.06. The molecular formula is C21H23ClN4O2. The Hall–Kier alpha value is -2.99. The summed E-state index contributed by atoms with van der Waals surface area (Å²) in [7, 11) is 3.26. The lowest BCUT2D eigenvalue weighted by Crippen LogP contribution is -2.07. The number of rotatable bonds is 8. The second-order valence-corrected chi connectivity index (χ2v) is 6.65. The van der Waals surface area contributed by atoms with Crippen molar-refractivity contribution >= 4 is 28.9 Å². The molecule has 0 saturated carbocycles. The predicted molar refractivity (Wildman–Crippen MR) is 113 cm³/mol. The van der Waals surface area contributed by atoms with Crippen molar-refractivity contribution in [2.45, 2.75) is 13.3 Å². The Bertz CT molecular complexity index is 949. The lowest BCUT2D eigenvalue weighted by molar-refractivity contribution is 0.354. The third kappa shape index (κ3) is 5.04. The Labute approximate surface area is 169 Å². The molecule has 0 fully saturated rings. The Morgan fingerprint density at radius 3 is 2.46 bits per heavy atom. The van der Waals surface area contributed by atoms with E-state index in [1.165, 1.54) is 6.33 Å². The van der Waals surface area contributed by atoms with Gasteiger partial charge >= 0.3 is 0 Å². The zero-order valence-corrected chi connectivity index (χ0v) is 16.9. The molecule has 0 amide bonds. The molecule has 0 unspecified atom stereocenters. The van der Waals surface area contributed by atoms with Crippen LogP contribution in [0.25, 0.3) is 0 Å². The topological polar surface area (TPSA) is 68.3 Å². The van der Waals surface area contributed by atoms with E-state index < -0.39 is 0 Å². The first-order chi connectivity index (χ1) is 13.6. The van der Waals surface area contributed by atoms with E-state index in [1.807, 2.05) is 49.4 Å². The molecule has 0 atom stereocenters. The maximum atomic E-state index is 6.18. The van der Waals surface area contributed by atoms with E-state index >= 15 is 0 Å². The van der Waals surface area contributed by atoms with Crippen LogP contribution in [0.2, 0.25) is 5.02 Å². The van der Waals surface area contributed by atoms with Crippen molar-refractivity contribution in [3.05, 3.63) is 64.9 Å². The first-order valence-electron chi connectivity index (χ1n) is 8.89. The fraction of sp³-hybridized carbons (Fsp3) is 0.238. The molecule has 0 saturated heterocycles. The highest BCUT2D eigenvalue weighted by atomic mass is 35.5. The van der Waals surface area contributed by atoms with Gasteiger partial charge in [0.25, 0.3) is 0 Å². The Kier molecular flexibility index (Phi) is 6.55. The molecule has 0 bridgehead atoms. The maximum absolute atomic E-state index is 6.18. The van der Waals surface area contributed by atoms with Gasteiger partial charge in [-0.15, -0.1) is 0 Å². The van der Waals surface area contributed by atoms with Crippen LogP contribution >= 0.6 is 11.6 Å². The number of anilines is 3. The largest absolute Gasteiger partial charge is 0.493 e. The first kappa shape index (κ1) is 19.8.